The van der Waals surface area contributed by atoms with Gasteiger partial charge in [-0.05, 0) is 56.3 Å². The maximum absolute atomic E-state index is 12.4. The fourth-order valence-electron chi connectivity index (χ4n) is 3.99. The van der Waals surface area contributed by atoms with E-state index in [2.05, 4.69) is 42.2 Å². The van der Waals surface area contributed by atoms with Crippen LogP contribution in [0.4, 0.5) is 5.69 Å². The van der Waals surface area contributed by atoms with E-state index in [1.54, 1.807) is 4.31 Å². The second-order valence-electron chi connectivity index (χ2n) is 7.67. The van der Waals surface area contributed by atoms with Crippen LogP contribution >= 0.6 is 0 Å². The summed E-state index contributed by atoms with van der Waals surface area (Å²) in [5, 5.41) is 0. The molecule has 0 saturated carbocycles. The Bertz CT molecular complexity index is 809. The third kappa shape index (κ3) is 5.56. The zero-order valence-corrected chi connectivity index (χ0v) is 17.1. The van der Waals surface area contributed by atoms with E-state index in [9.17, 15) is 8.42 Å². The van der Waals surface area contributed by atoms with Gasteiger partial charge in [0.2, 0.25) is 10.0 Å². The molecule has 4 nitrogen and oxygen atoms in total. The van der Waals surface area contributed by atoms with Crippen LogP contribution in [-0.2, 0) is 16.4 Å². The van der Waals surface area contributed by atoms with E-state index in [0.717, 1.165) is 38.0 Å². The number of hydrogen-bond donors (Lipinski definition) is 0. The van der Waals surface area contributed by atoms with Gasteiger partial charge in [0.15, 0.2) is 0 Å². The maximum Gasteiger partial charge on any atom is 0.232 e. The van der Waals surface area contributed by atoms with Crippen molar-refractivity contribution in [3.63, 3.8) is 0 Å². The fraction of sp³-hybridized carbons (Fsp3) is 0.455. The van der Waals surface area contributed by atoms with Gasteiger partial charge in [0.25, 0.3) is 0 Å². The lowest BCUT2D eigenvalue weighted by atomic mass is 9.95. The van der Waals surface area contributed by atoms with Gasteiger partial charge in [0.05, 0.1) is 11.9 Å². The summed E-state index contributed by atoms with van der Waals surface area (Å²) in [6.45, 7) is 4.87. The Labute approximate surface area is 163 Å². The van der Waals surface area contributed by atoms with Crippen LogP contribution in [0.1, 0.15) is 25.3 Å². The molecule has 2 aromatic rings. The van der Waals surface area contributed by atoms with Crippen molar-refractivity contribution in [2.45, 2.75) is 32.2 Å². The van der Waals surface area contributed by atoms with Crippen LogP contribution in [0.5, 0.6) is 0 Å². The molecule has 1 heterocycles. The molecule has 3 rings (SSSR count). The largest absolute Gasteiger partial charge is 0.300 e. The zero-order valence-electron chi connectivity index (χ0n) is 16.3. The number of hydrogen-bond acceptors (Lipinski definition) is 3. The highest BCUT2D eigenvalue weighted by atomic mass is 32.2. The van der Waals surface area contributed by atoms with Crippen molar-refractivity contribution in [3.05, 3.63) is 66.2 Å². The predicted molar refractivity (Wildman–Crippen MR) is 113 cm³/mol. The lowest BCUT2D eigenvalue weighted by Gasteiger charge is -2.38. The topological polar surface area (TPSA) is 40.6 Å². The number of rotatable bonds is 7. The summed E-state index contributed by atoms with van der Waals surface area (Å²) in [6, 6.07) is 20.5. The molecule has 2 aromatic carbocycles. The summed E-state index contributed by atoms with van der Waals surface area (Å²) >= 11 is 0. The van der Waals surface area contributed by atoms with Gasteiger partial charge in [-0.1, -0.05) is 48.5 Å². The van der Waals surface area contributed by atoms with Crippen molar-refractivity contribution in [3.8, 4) is 0 Å². The molecule has 0 N–H and O–H groups in total. The number of anilines is 1. The summed E-state index contributed by atoms with van der Waals surface area (Å²) in [6.07, 6.45) is 4.53. The smallest absolute Gasteiger partial charge is 0.232 e. The summed E-state index contributed by atoms with van der Waals surface area (Å²) in [5.74, 6) is 0.354. The molecule has 2 unspecified atom stereocenters. The summed E-state index contributed by atoms with van der Waals surface area (Å²) in [5.41, 5.74) is 2.11. The van der Waals surface area contributed by atoms with E-state index in [-0.39, 0.29) is 0 Å². The number of piperidine rings is 1. The molecular weight excluding hydrogens is 356 g/mol. The van der Waals surface area contributed by atoms with Gasteiger partial charge < -0.3 is 0 Å². The maximum atomic E-state index is 12.4. The van der Waals surface area contributed by atoms with Crippen molar-refractivity contribution >= 4 is 15.7 Å². The normalized spacial score (nSPS) is 19.6. The van der Waals surface area contributed by atoms with Crippen molar-refractivity contribution in [1.29, 1.82) is 0 Å². The summed E-state index contributed by atoms with van der Waals surface area (Å²) < 4.78 is 26.3. The van der Waals surface area contributed by atoms with Gasteiger partial charge in [0, 0.05) is 19.1 Å². The molecule has 0 amide bonds. The molecule has 2 atom stereocenters. The molecule has 0 radical (unpaired) electrons. The summed E-state index contributed by atoms with van der Waals surface area (Å²) in [4.78, 5) is 2.52. The van der Waals surface area contributed by atoms with Crippen molar-refractivity contribution < 1.29 is 8.42 Å². The first-order valence-corrected chi connectivity index (χ1v) is 11.6. The second kappa shape index (κ2) is 8.89. The molecule has 0 aliphatic carbocycles. The quantitative estimate of drug-likeness (QED) is 0.727. The van der Waals surface area contributed by atoms with Crippen LogP contribution in [0.2, 0.25) is 0 Å². The fourth-order valence-corrected chi connectivity index (χ4v) is 4.98. The average molecular weight is 387 g/mol. The molecule has 5 heteroatoms. The minimum absolute atomic E-state index is 0.354. The molecule has 1 saturated heterocycles. The SMILES string of the molecule is CC(Cc1ccccc1)N1CCCC(CN(c2ccccc2)S(C)(=O)=O)C1. The van der Waals surface area contributed by atoms with Gasteiger partial charge in [-0.2, -0.15) is 0 Å². The van der Waals surface area contributed by atoms with Gasteiger partial charge in [-0.15, -0.1) is 0 Å². The number of para-hydroxylation sites is 1. The third-order valence-corrected chi connectivity index (χ3v) is 6.58. The molecule has 1 aliphatic heterocycles. The minimum Gasteiger partial charge on any atom is -0.300 e. The average Bonchev–Trinajstić information content (AvgIpc) is 2.67. The lowest BCUT2D eigenvalue weighted by Crippen LogP contribution is -2.46. The number of sulfonamides is 1. The number of nitrogens with zero attached hydrogens (tertiary/aromatic N) is 2. The van der Waals surface area contributed by atoms with Gasteiger partial charge in [0.1, 0.15) is 0 Å². The van der Waals surface area contributed by atoms with Gasteiger partial charge in [-0.25, -0.2) is 8.42 Å². The van der Waals surface area contributed by atoms with Crippen molar-refractivity contribution in [2.24, 2.45) is 5.92 Å². The van der Waals surface area contributed by atoms with Crippen LogP contribution in [0.15, 0.2) is 60.7 Å². The first-order valence-electron chi connectivity index (χ1n) is 9.74. The van der Waals surface area contributed by atoms with Crippen LogP contribution in [0.25, 0.3) is 0 Å². The molecule has 146 valence electrons. The predicted octanol–water partition coefficient (Wildman–Crippen LogP) is 3.80. The minimum atomic E-state index is -3.29. The van der Waals surface area contributed by atoms with Crippen LogP contribution in [-0.4, -0.2) is 45.2 Å². The molecule has 1 fully saturated rings. The monoisotopic (exact) mass is 386 g/mol. The Balaban J connectivity index is 1.66. The van der Waals surface area contributed by atoms with E-state index in [4.69, 9.17) is 0 Å². The highest BCUT2D eigenvalue weighted by Gasteiger charge is 2.28. The highest BCUT2D eigenvalue weighted by molar-refractivity contribution is 7.92. The molecular formula is C22H30N2O2S. The Morgan fingerprint density at radius 3 is 2.33 bits per heavy atom. The molecule has 0 aromatic heterocycles. The van der Waals surface area contributed by atoms with Crippen molar-refractivity contribution in [2.75, 3.05) is 30.2 Å². The summed E-state index contributed by atoms with van der Waals surface area (Å²) in [7, 11) is -3.29. The third-order valence-electron chi connectivity index (χ3n) is 5.42. The highest BCUT2D eigenvalue weighted by Crippen LogP contribution is 2.25. The van der Waals surface area contributed by atoms with E-state index in [1.165, 1.54) is 11.8 Å². The van der Waals surface area contributed by atoms with E-state index >= 15 is 0 Å². The number of benzene rings is 2. The Morgan fingerprint density at radius 1 is 1.07 bits per heavy atom. The molecule has 0 bridgehead atoms. The van der Waals surface area contributed by atoms with Crippen LogP contribution in [0.3, 0.4) is 0 Å². The standard InChI is InChI=1S/C22H30N2O2S/c1-19(16-20-10-5-3-6-11-20)23-15-9-12-21(17-23)18-24(27(2,25)26)22-13-7-4-8-14-22/h3-8,10-11,13-14,19,21H,9,12,15-18H2,1-2H3. The molecule has 1 aliphatic rings. The van der Waals surface area contributed by atoms with Gasteiger partial charge >= 0.3 is 0 Å². The first kappa shape index (κ1) is 19.9. The van der Waals surface area contributed by atoms with Crippen molar-refractivity contribution in [1.82, 2.24) is 4.90 Å². The van der Waals surface area contributed by atoms with E-state index < -0.39 is 10.0 Å². The second-order valence-corrected chi connectivity index (χ2v) is 9.58. The van der Waals surface area contributed by atoms with E-state index in [0.29, 0.717) is 18.5 Å². The lowest BCUT2D eigenvalue weighted by molar-refractivity contribution is 0.134. The Morgan fingerprint density at radius 2 is 1.70 bits per heavy atom. The van der Waals surface area contributed by atoms with Crippen LogP contribution < -0.4 is 4.31 Å². The Hall–Kier alpha value is -1.85. The van der Waals surface area contributed by atoms with Gasteiger partial charge in [-0.3, -0.25) is 9.21 Å². The zero-order chi connectivity index (χ0) is 19.3. The number of likely N-dealkylation sites (tertiary alicyclic amines) is 1. The van der Waals surface area contributed by atoms with E-state index in [1.807, 2.05) is 30.3 Å². The first-order chi connectivity index (χ1) is 12.9. The molecule has 27 heavy (non-hydrogen) atoms. The van der Waals surface area contributed by atoms with Crippen LogP contribution in [0, 0.1) is 5.92 Å². The Kier molecular flexibility index (Phi) is 6.55. The molecule has 0 spiro atoms.